The topological polar surface area (TPSA) is 61.8 Å². The second kappa shape index (κ2) is 8.05. The molecule has 1 aliphatic carbocycles. The van der Waals surface area contributed by atoms with Crippen LogP contribution in [0, 0.1) is 5.41 Å². The summed E-state index contributed by atoms with van der Waals surface area (Å²) in [6, 6.07) is 8.77. The first-order valence-electron chi connectivity index (χ1n) is 10.5. The van der Waals surface area contributed by atoms with Crippen molar-refractivity contribution in [2.24, 2.45) is 10.4 Å². The summed E-state index contributed by atoms with van der Waals surface area (Å²) < 4.78 is 23.1. The molecule has 156 valence electrons. The third-order valence-electron chi connectivity index (χ3n) is 6.18. The second-order valence-corrected chi connectivity index (χ2v) is 11.6. The van der Waals surface area contributed by atoms with Gasteiger partial charge in [-0.2, -0.15) is 0 Å². The minimum Gasteiger partial charge on any atom is -0.356 e. The van der Waals surface area contributed by atoms with Gasteiger partial charge in [0.15, 0.2) is 5.96 Å². The van der Waals surface area contributed by atoms with Crippen LogP contribution in [-0.4, -0.2) is 46.0 Å². The van der Waals surface area contributed by atoms with Crippen LogP contribution in [0.15, 0.2) is 29.3 Å². The Balaban J connectivity index is 1.83. The van der Waals surface area contributed by atoms with Gasteiger partial charge in [-0.25, -0.2) is 8.42 Å². The summed E-state index contributed by atoms with van der Waals surface area (Å²) in [7, 11) is -2.95. The summed E-state index contributed by atoms with van der Waals surface area (Å²) in [5.41, 5.74) is 2.85. The minimum absolute atomic E-state index is 0.159. The molecule has 0 aromatic heterocycles. The molecule has 0 saturated heterocycles. The summed E-state index contributed by atoms with van der Waals surface area (Å²) in [6.07, 6.45) is 7.02. The summed E-state index contributed by atoms with van der Waals surface area (Å²) in [5.74, 6) is 1.13. The van der Waals surface area contributed by atoms with E-state index < -0.39 is 9.84 Å². The van der Waals surface area contributed by atoms with Crippen LogP contribution in [0.3, 0.4) is 0 Å². The second-order valence-electron chi connectivity index (χ2n) is 9.30. The number of nitrogens with one attached hydrogen (secondary N) is 1. The minimum atomic E-state index is -2.95. The Morgan fingerprint density at radius 3 is 2.57 bits per heavy atom. The van der Waals surface area contributed by atoms with E-state index in [1.54, 1.807) is 0 Å². The van der Waals surface area contributed by atoms with Crippen molar-refractivity contribution in [1.29, 1.82) is 0 Å². The molecule has 1 heterocycles. The molecule has 5 nitrogen and oxygen atoms in total. The largest absolute Gasteiger partial charge is 0.356 e. The molecule has 0 amide bonds. The smallest absolute Gasteiger partial charge is 0.198 e. The zero-order chi connectivity index (χ0) is 20.4. The molecule has 1 aromatic rings. The van der Waals surface area contributed by atoms with Gasteiger partial charge < -0.3 is 10.2 Å². The maximum absolute atomic E-state index is 11.6. The first-order chi connectivity index (χ1) is 13.2. The zero-order valence-corrected chi connectivity index (χ0v) is 18.6. The van der Waals surface area contributed by atoms with Gasteiger partial charge in [0.05, 0.1) is 5.75 Å². The lowest BCUT2D eigenvalue weighted by Gasteiger charge is -2.28. The van der Waals surface area contributed by atoms with E-state index in [1.165, 1.54) is 43.2 Å². The molecule has 1 fully saturated rings. The van der Waals surface area contributed by atoms with Gasteiger partial charge in [-0.3, -0.25) is 4.99 Å². The van der Waals surface area contributed by atoms with Crippen LogP contribution >= 0.6 is 0 Å². The van der Waals surface area contributed by atoms with Crippen LogP contribution < -0.4 is 10.2 Å². The molecule has 1 spiro atoms. The van der Waals surface area contributed by atoms with Gasteiger partial charge in [0, 0.05) is 37.0 Å². The molecule has 1 N–H and O–H groups in total. The van der Waals surface area contributed by atoms with Gasteiger partial charge in [0.25, 0.3) is 0 Å². The standard InChI is InChI=1S/C22H35N3O2S/c1-5-23-20(24-16-21(2,3)14-15-28(4,26)27)25-17-22(12-8-9-13-22)18-10-6-7-11-19(18)25/h6-7,10-11H,5,8-9,12-17H2,1-4H3,(H,23,24). The molecule has 3 rings (SSSR count). The molecule has 1 aromatic carbocycles. The lowest BCUT2D eigenvalue weighted by molar-refractivity contribution is 0.365. The highest BCUT2D eigenvalue weighted by Crippen LogP contribution is 2.50. The number of hydrogen-bond donors (Lipinski definition) is 1. The van der Waals surface area contributed by atoms with Crippen molar-refractivity contribution >= 4 is 21.5 Å². The Labute approximate surface area is 170 Å². The van der Waals surface area contributed by atoms with E-state index in [2.05, 4.69) is 55.3 Å². The van der Waals surface area contributed by atoms with E-state index in [4.69, 9.17) is 4.99 Å². The van der Waals surface area contributed by atoms with Gasteiger partial charge in [0.2, 0.25) is 0 Å². The van der Waals surface area contributed by atoms with Crippen LogP contribution in [0.5, 0.6) is 0 Å². The van der Waals surface area contributed by atoms with E-state index in [0.29, 0.717) is 13.0 Å². The van der Waals surface area contributed by atoms with Crippen molar-refractivity contribution in [3.63, 3.8) is 0 Å². The summed E-state index contributed by atoms with van der Waals surface area (Å²) in [4.78, 5) is 7.32. The molecule has 0 radical (unpaired) electrons. The van der Waals surface area contributed by atoms with Gasteiger partial charge in [-0.05, 0) is 43.2 Å². The highest BCUT2D eigenvalue weighted by molar-refractivity contribution is 7.90. The number of sulfone groups is 1. The SMILES string of the molecule is CCNC(=NCC(C)(C)CCS(C)(=O)=O)N1CC2(CCCC2)c2ccccc21. The summed E-state index contributed by atoms with van der Waals surface area (Å²) in [6.45, 7) is 8.70. The molecule has 0 unspecified atom stereocenters. The lowest BCUT2D eigenvalue weighted by atomic mass is 9.81. The van der Waals surface area contributed by atoms with E-state index in [0.717, 1.165) is 19.0 Å². The van der Waals surface area contributed by atoms with E-state index in [-0.39, 0.29) is 16.6 Å². The molecule has 2 aliphatic rings. The Morgan fingerprint density at radius 1 is 1.25 bits per heavy atom. The maximum atomic E-state index is 11.6. The van der Waals surface area contributed by atoms with E-state index >= 15 is 0 Å². The third-order valence-corrected chi connectivity index (χ3v) is 7.13. The number of hydrogen-bond acceptors (Lipinski definition) is 3. The zero-order valence-electron chi connectivity index (χ0n) is 17.8. The Kier molecular flexibility index (Phi) is 6.08. The number of fused-ring (bicyclic) bond motifs is 2. The fourth-order valence-electron chi connectivity index (χ4n) is 4.52. The molecule has 28 heavy (non-hydrogen) atoms. The Bertz CT molecular complexity index is 824. The highest BCUT2D eigenvalue weighted by Gasteiger charge is 2.45. The molecular weight excluding hydrogens is 370 g/mol. The van der Waals surface area contributed by atoms with Crippen molar-refractivity contribution < 1.29 is 8.42 Å². The molecule has 1 saturated carbocycles. The number of benzene rings is 1. The van der Waals surface area contributed by atoms with Crippen molar-refractivity contribution in [2.75, 3.05) is 36.5 Å². The van der Waals surface area contributed by atoms with Crippen LogP contribution in [-0.2, 0) is 15.3 Å². The van der Waals surface area contributed by atoms with Gasteiger partial charge >= 0.3 is 0 Å². The monoisotopic (exact) mass is 405 g/mol. The van der Waals surface area contributed by atoms with Crippen molar-refractivity contribution in [3.8, 4) is 0 Å². The van der Waals surface area contributed by atoms with Crippen LogP contribution in [0.1, 0.15) is 58.4 Å². The van der Waals surface area contributed by atoms with Gasteiger partial charge in [-0.15, -0.1) is 0 Å². The molecule has 0 atom stereocenters. The maximum Gasteiger partial charge on any atom is 0.198 e. The van der Waals surface area contributed by atoms with E-state index in [9.17, 15) is 8.42 Å². The number of nitrogens with zero attached hydrogens (tertiary/aromatic N) is 2. The predicted molar refractivity (Wildman–Crippen MR) is 118 cm³/mol. The van der Waals surface area contributed by atoms with Gasteiger partial charge in [-0.1, -0.05) is 44.9 Å². The quantitative estimate of drug-likeness (QED) is 0.578. The summed E-state index contributed by atoms with van der Waals surface area (Å²) in [5, 5.41) is 3.47. The van der Waals surface area contributed by atoms with Crippen molar-refractivity contribution in [3.05, 3.63) is 29.8 Å². The number of anilines is 1. The number of aliphatic imine (C=N–C) groups is 1. The first-order valence-corrected chi connectivity index (χ1v) is 12.5. The highest BCUT2D eigenvalue weighted by atomic mass is 32.2. The van der Waals surface area contributed by atoms with E-state index in [1.807, 2.05) is 0 Å². The van der Waals surface area contributed by atoms with Gasteiger partial charge in [0.1, 0.15) is 9.84 Å². The van der Waals surface area contributed by atoms with Crippen LogP contribution in [0.4, 0.5) is 5.69 Å². The lowest BCUT2D eigenvalue weighted by Crippen LogP contribution is -2.44. The Morgan fingerprint density at radius 2 is 1.93 bits per heavy atom. The third kappa shape index (κ3) is 4.70. The Hall–Kier alpha value is -1.56. The van der Waals surface area contributed by atoms with Crippen molar-refractivity contribution in [2.45, 2.75) is 58.3 Å². The normalized spacial score (nSPS) is 19.3. The molecule has 6 heteroatoms. The number of guanidine groups is 1. The van der Waals surface area contributed by atoms with Crippen molar-refractivity contribution in [1.82, 2.24) is 5.32 Å². The number of rotatable bonds is 6. The average molecular weight is 406 g/mol. The number of para-hydroxylation sites is 1. The van der Waals surface area contributed by atoms with Crippen LogP contribution in [0.2, 0.25) is 0 Å². The average Bonchev–Trinajstić information content (AvgIpc) is 3.23. The molecule has 0 bridgehead atoms. The predicted octanol–water partition coefficient (Wildman–Crippen LogP) is 3.74. The summed E-state index contributed by atoms with van der Waals surface area (Å²) >= 11 is 0. The van der Waals surface area contributed by atoms with Crippen LogP contribution in [0.25, 0.3) is 0 Å². The molecule has 1 aliphatic heterocycles. The fraction of sp³-hybridized carbons (Fsp3) is 0.682. The molecular formula is C22H35N3O2S. The first kappa shape index (κ1) is 21.2. The fourth-order valence-corrected chi connectivity index (χ4v) is 5.45.